The molecule has 2 aromatic heterocycles. The van der Waals surface area contributed by atoms with Crippen molar-refractivity contribution in [3.05, 3.63) is 66.1 Å². The highest BCUT2D eigenvalue weighted by atomic mass is 32.2. The molecule has 0 saturated carbocycles. The van der Waals surface area contributed by atoms with Gasteiger partial charge in [0.1, 0.15) is 5.82 Å². The first kappa shape index (κ1) is 13.4. The average Bonchev–Trinajstić information content (AvgIpc) is 3.23. The Labute approximate surface area is 131 Å². The van der Waals surface area contributed by atoms with Crippen molar-refractivity contribution in [1.82, 2.24) is 15.2 Å². The number of nitrogens with one attached hydrogen (secondary N) is 2. The minimum absolute atomic E-state index is 0.189. The minimum Gasteiger partial charge on any atom is -0.606 e. The molecule has 22 heavy (non-hydrogen) atoms. The van der Waals surface area contributed by atoms with E-state index in [0.29, 0.717) is 0 Å². The predicted octanol–water partition coefficient (Wildman–Crippen LogP) is 2.53. The first-order valence-electron chi connectivity index (χ1n) is 7.02. The van der Waals surface area contributed by atoms with Gasteiger partial charge >= 0.3 is 0 Å². The van der Waals surface area contributed by atoms with Crippen LogP contribution in [0.2, 0.25) is 0 Å². The molecule has 0 saturated heterocycles. The Hall–Kier alpha value is -2.31. The summed E-state index contributed by atoms with van der Waals surface area (Å²) in [7, 11) is 0. The maximum absolute atomic E-state index is 12.7. The van der Waals surface area contributed by atoms with Gasteiger partial charge in [-0.05, 0) is 17.7 Å². The minimum atomic E-state index is -1.21. The SMILES string of the molecule is [O-][S+](c1ccccc1)c1cnc2c(c1)C(c1cn[nH]c1)CN2. The Kier molecular flexibility index (Phi) is 3.32. The Morgan fingerprint density at radius 2 is 2.00 bits per heavy atom. The second-order valence-electron chi connectivity index (χ2n) is 5.16. The second-order valence-corrected chi connectivity index (χ2v) is 6.64. The summed E-state index contributed by atoms with van der Waals surface area (Å²) < 4.78 is 12.7. The zero-order valence-electron chi connectivity index (χ0n) is 11.7. The van der Waals surface area contributed by atoms with Crippen molar-refractivity contribution in [2.75, 3.05) is 11.9 Å². The fourth-order valence-corrected chi connectivity index (χ4v) is 3.77. The quantitative estimate of drug-likeness (QED) is 0.729. The van der Waals surface area contributed by atoms with Gasteiger partial charge in [-0.25, -0.2) is 4.98 Å². The second kappa shape index (κ2) is 5.47. The lowest BCUT2D eigenvalue weighted by Gasteiger charge is -2.12. The summed E-state index contributed by atoms with van der Waals surface area (Å²) in [6, 6.07) is 11.4. The molecule has 0 spiro atoms. The number of nitrogens with zero attached hydrogens (tertiary/aromatic N) is 2. The van der Waals surface area contributed by atoms with E-state index in [1.807, 2.05) is 48.8 Å². The highest BCUT2D eigenvalue weighted by molar-refractivity contribution is 7.91. The molecule has 0 amide bonds. The fraction of sp³-hybridized carbons (Fsp3) is 0.125. The van der Waals surface area contributed by atoms with Crippen LogP contribution in [0.15, 0.2) is 64.8 Å². The highest BCUT2D eigenvalue weighted by Crippen LogP contribution is 2.36. The third-order valence-corrected chi connectivity index (χ3v) is 5.19. The molecule has 6 heteroatoms. The number of anilines is 1. The predicted molar refractivity (Wildman–Crippen MR) is 84.3 cm³/mol. The number of aromatic amines is 1. The van der Waals surface area contributed by atoms with Gasteiger partial charge in [0.25, 0.3) is 0 Å². The largest absolute Gasteiger partial charge is 0.606 e. The zero-order valence-corrected chi connectivity index (χ0v) is 12.5. The molecule has 1 aromatic carbocycles. The summed E-state index contributed by atoms with van der Waals surface area (Å²) in [5, 5.41) is 10.1. The topological polar surface area (TPSA) is 76.7 Å². The lowest BCUT2D eigenvalue weighted by atomic mass is 9.97. The number of benzene rings is 1. The molecule has 2 atom stereocenters. The Morgan fingerprint density at radius 3 is 2.77 bits per heavy atom. The summed E-state index contributed by atoms with van der Waals surface area (Å²) in [5.74, 6) is 1.05. The van der Waals surface area contributed by atoms with Crippen LogP contribution >= 0.6 is 0 Å². The molecule has 0 radical (unpaired) electrons. The molecule has 0 aliphatic carbocycles. The third-order valence-electron chi connectivity index (χ3n) is 3.83. The Morgan fingerprint density at radius 1 is 1.14 bits per heavy atom. The van der Waals surface area contributed by atoms with Crippen LogP contribution in [0.3, 0.4) is 0 Å². The van der Waals surface area contributed by atoms with E-state index in [0.717, 1.165) is 33.3 Å². The number of aromatic nitrogens is 3. The van der Waals surface area contributed by atoms with Crippen molar-refractivity contribution >= 4 is 17.0 Å². The van der Waals surface area contributed by atoms with Gasteiger partial charge in [0.2, 0.25) is 0 Å². The molecule has 0 fully saturated rings. The van der Waals surface area contributed by atoms with Crippen molar-refractivity contribution in [3.63, 3.8) is 0 Å². The standard InChI is InChI=1S/C16H14N4OS/c21-22(12-4-2-1-3-5-12)13-6-14-15(11-7-19-20-8-11)10-18-16(14)17-9-13/h1-9,15H,10H2,(H,17,18)(H,19,20). The van der Waals surface area contributed by atoms with Crippen molar-refractivity contribution < 1.29 is 4.55 Å². The summed E-state index contributed by atoms with van der Waals surface area (Å²) in [6.07, 6.45) is 5.40. The normalized spacial score (nSPS) is 17.8. The molecule has 0 bridgehead atoms. The lowest BCUT2D eigenvalue weighted by Crippen LogP contribution is -2.05. The monoisotopic (exact) mass is 310 g/mol. The van der Waals surface area contributed by atoms with Crippen LogP contribution in [-0.4, -0.2) is 26.3 Å². The first-order chi connectivity index (χ1) is 10.8. The van der Waals surface area contributed by atoms with Crippen molar-refractivity contribution in [2.24, 2.45) is 0 Å². The van der Waals surface area contributed by atoms with E-state index in [1.54, 1.807) is 6.20 Å². The van der Waals surface area contributed by atoms with Crippen LogP contribution in [-0.2, 0) is 11.2 Å². The van der Waals surface area contributed by atoms with Crippen molar-refractivity contribution in [3.8, 4) is 0 Å². The molecule has 1 aliphatic rings. The molecule has 3 aromatic rings. The maximum Gasteiger partial charge on any atom is 0.177 e. The number of pyridine rings is 1. The Balaban J connectivity index is 1.71. The van der Waals surface area contributed by atoms with E-state index < -0.39 is 11.2 Å². The Bertz CT molecular complexity index is 776. The number of hydrogen-bond acceptors (Lipinski definition) is 4. The van der Waals surface area contributed by atoms with Gasteiger partial charge in [0.15, 0.2) is 9.79 Å². The van der Waals surface area contributed by atoms with Crippen molar-refractivity contribution in [1.29, 1.82) is 0 Å². The highest BCUT2D eigenvalue weighted by Gasteiger charge is 2.28. The van der Waals surface area contributed by atoms with Gasteiger partial charge in [0.05, 0.1) is 12.4 Å². The summed E-state index contributed by atoms with van der Waals surface area (Å²) in [5.41, 5.74) is 2.18. The van der Waals surface area contributed by atoms with Gasteiger partial charge in [-0.2, -0.15) is 5.10 Å². The van der Waals surface area contributed by atoms with Gasteiger partial charge in [0, 0.05) is 41.5 Å². The molecular formula is C16H14N4OS. The van der Waals surface area contributed by atoms with Crippen LogP contribution in [0.25, 0.3) is 0 Å². The van der Waals surface area contributed by atoms with E-state index in [-0.39, 0.29) is 5.92 Å². The van der Waals surface area contributed by atoms with E-state index in [2.05, 4.69) is 20.5 Å². The van der Waals surface area contributed by atoms with Gasteiger partial charge in [-0.3, -0.25) is 5.10 Å². The van der Waals surface area contributed by atoms with E-state index in [1.165, 1.54) is 0 Å². The molecule has 2 N–H and O–H groups in total. The summed E-state index contributed by atoms with van der Waals surface area (Å²) >= 11 is -1.21. The van der Waals surface area contributed by atoms with E-state index >= 15 is 0 Å². The first-order valence-corrected chi connectivity index (χ1v) is 8.17. The zero-order chi connectivity index (χ0) is 14.9. The molecule has 2 unspecified atom stereocenters. The number of rotatable bonds is 3. The van der Waals surface area contributed by atoms with Crippen LogP contribution in [0.1, 0.15) is 17.0 Å². The van der Waals surface area contributed by atoms with Crippen LogP contribution in [0.5, 0.6) is 0 Å². The van der Waals surface area contributed by atoms with Gasteiger partial charge in [-0.1, -0.05) is 18.2 Å². The molecule has 5 nitrogen and oxygen atoms in total. The molecule has 3 heterocycles. The number of H-pyrrole nitrogens is 1. The van der Waals surface area contributed by atoms with Crippen LogP contribution in [0, 0.1) is 0 Å². The molecule has 110 valence electrons. The third kappa shape index (κ3) is 2.26. The maximum atomic E-state index is 12.7. The molecular weight excluding hydrogens is 296 g/mol. The van der Waals surface area contributed by atoms with Crippen LogP contribution < -0.4 is 5.32 Å². The number of fused-ring (bicyclic) bond motifs is 1. The lowest BCUT2D eigenvalue weighted by molar-refractivity contribution is 0.594. The summed E-state index contributed by atoms with van der Waals surface area (Å²) in [4.78, 5) is 5.94. The van der Waals surface area contributed by atoms with E-state index in [9.17, 15) is 4.55 Å². The molecule has 1 aliphatic heterocycles. The van der Waals surface area contributed by atoms with E-state index in [4.69, 9.17) is 0 Å². The smallest absolute Gasteiger partial charge is 0.177 e. The van der Waals surface area contributed by atoms with Gasteiger partial charge < -0.3 is 9.87 Å². The molecule has 4 rings (SSSR count). The number of hydrogen-bond donors (Lipinski definition) is 2. The summed E-state index contributed by atoms with van der Waals surface area (Å²) in [6.45, 7) is 0.781. The van der Waals surface area contributed by atoms with Crippen molar-refractivity contribution in [2.45, 2.75) is 15.7 Å². The fourth-order valence-electron chi connectivity index (χ4n) is 2.71. The van der Waals surface area contributed by atoms with Gasteiger partial charge in [-0.15, -0.1) is 0 Å². The average molecular weight is 310 g/mol. The van der Waals surface area contributed by atoms with Crippen LogP contribution in [0.4, 0.5) is 5.82 Å².